The van der Waals surface area contributed by atoms with Crippen molar-refractivity contribution in [3.05, 3.63) is 64.2 Å². The molecule has 0 amide bonds. The van der Waals surface area contributed by atoms with Gasteiger partial charge >= 0.3 is 6.18 Å². The van der Waals surface area contributed by atoms with Crippen molar-refractivity contribution >= 4 is 17.3 Å². The molecule has 0 aliphatic heterocycles. The van der Waals surface area contributed by atoms with E-state index in [0.29, 0.717) is 0 Å². The lowest BCUT2D eigenvalue weighted by Crippen LogP contribution is -2.13. The van der Waals surface area contributed by atoms with Gasteiger partial charge < -0.3 is 10.8 Å². The van der Waals surface area contributed by atoms with Gasteiger partial charge in [-0.1, -0.05) is 29.8 Å². The minimum atomic E-state index is -4.55. The number of anilines is 1. The van der Waals surface area contributed by atoms with Crippen molar-refractivity contribution in [1.29, 1.82) is 0 Å². The number of nitrogens with two attached hydrogens (primary N) is 1. The standard InChI is InChI=1S/C14H11ClF3NO/c15-8-5-6-12(19)10(7-8)13(20)9-3-1-2-4-11(9)14(16,17)18/h1-7,13,20H,19H2/t13-/m1/s1. The molecule has 20 heavy (non-hydrogen) atoms. The fourth-order valence-corrected chi connectivity index (χ4v) is 2.12. The summed E-state index contributed by atoms with van der Waals surface area (Å²) in [5.41, 5.74) is 4.86. The van der Waals surface area contributed by atoms with E-state index in [1.807, 2.05) is 0 Å². The van der Waals surface area contributed by atoms with Gasteiger partial charge in [0.25, 0.3) is 0 Å². The molecule has 0 unspecified atom stereocenters. The van der Waals surface area contributed by atoms with Gasteiger partial charge in [-0.25, -0.2) is 0 Å². The van der Waals surface area contributed by atoms with Gasteiger partial charge in [-0.3, -0.25) is 0 Å². The highest BCUT2D eigenvalue weighted by atomic mass is 35.5. The lowest BCUT2D eigenvalue weighted by molar-refractivity contribution is -0.139. The predicted molar refractivity (Wildman–Crippen MR) is 71.4 cm³/mol. The molecule has 106 valence electrons. The van der Waals surface area contributed by atoms with E-state index in [1.54, 1.807) is 0 Å². The van der Waals surface area contributed by atoms with E-state index >= 15 is 0 Å². The molecule has 0 aliphatic carbocycles. The summed E-state index contributed by atoms with van der Waals surface area (Å²) < 4.78 is 38.8. The molecule has 0 heterocycles. The average molecular weight is 302 g/mol. The molecule has 6 heteroatoms. The fraction of sp³-hybridized carbons (Fsp3) is 0.143. The molecule has 0 spiro atoms. The van der Waals surface area contributed by atoms with E-state index in [4.69, 9.17) is 17.3 Å². The summed E-state index contributed by atoms with van der Waals surface area (Å²) in [5, 5.41) is 10.5. The first-order chi connectivity index (χ1) is 9.30. The number of hydrogen-bond donors (Lipinski definition) is 2. The van der Waals surface area contributed by atoms with Gasteiger partial charge in [-0.2, -0.15) is 13.2 Å². The zero-order valence-electron chi connectivity index (χ0n) is 10.2. The Bertz CT molecular complexity index is 628. The molecule has 2 aromatic rings. The average Bonchev–Trinajstić information content (AvgIpc) is 2.40. The van der Waals surface area contributed by atoms with Crippen LogP contribution >= 0.6 is 11.6 Å². The highest BCUT2D eigenvalue weighted by Gasteiger charge is 2.35. The Labute approximate surface area is 118 Å². The summed E-state index contributed by atoms with van der Waals surface area (Å²) in [4.78, 5) is 0. The van der Waals surface area contributed by atoms with Crippen molar-refractivity contribution in [2.75, 3.05) is 5.73 Å². The summed E-state index contributed by atoms with van der Waals surface area (Å²) in [6.45, 7) is 0. The number of aliphatic hydroxyl groups excluding tert-OH is 1. The molecule has 0 radical (unpaired) electrons. The third kappa shape index (κ3) is 2.89. The molecule has 2 nitrogen and oxygen atoms in total. The Morgan fingerprint density at radius 2 is 1.70 bits per heavy atom. The lowest BCUT2D eigenvalue weighted by atomic mass is 9.95. The number of alkyl halides is 3. The maximum absolute atomic E-state index is 12.9. The summed E-state index contributed by atoms with van der Waals surface area (Å²) >= 11 is 5.79. The van der Waals surface area contributed by atoms with E-state index in [0.717, 1.165) is 6.07 Å². The van der Waals surface area contributed by atoms with Crippen LogP contribution in [0.15, 0.2) is 42.5 Å². The maximum Gasteiger partial charge on any atom is 0.416 e. The normalized spacial score (nSPS) is 13.2. The molecule has 0 aromatic heterocycles. The number of rotatable bonds is 2. The van der Waals surface area contributed by atoms with Gasteiger partial charge in [0.05, 0.1) is 5.56 Å². The first kappa shape index (κ1) is 14.7. The van der Waals surface area contributed by atoms with Crippen LogP contribution in [0, 0.1) is 0 Å². The van der Waals surface area contributed by atoms with E-state index in [2.05, 4.69) is 0 Å². The molecular weight excluding hydrogens is 291 g/mol. The van der Waals surface area contributed by atoms with Crippen molar-refractivity contribution < 1.29 is 18.3 Å². The van der Waals surface area contributed by atoms with Crippen molar-refractivity contribution in [1.82, 2.24) is 0 Å². The van der Waals surface area contributed by atoms with Crippen molar-refractivity contribution in [2.24, 2.45) is 0 Å². The third-order valence-electron chi connectivity index (χ3n) is 2.90. The highest BCUT2D eigenvalue weighted by Crippen LogP contribution is 2.38. The third-order valence-corrected chi connectivity index (χ3v) is 3.14. The molecule has 0 fully saturated rings. The van der Waals surface area contributed by atoms with Crippen LogP contribution in [0.1, 0.15) is 22.8 Å². The van der Waals surface area contributed by atoms with Crippen LogP contribution < -0.4 is 5.73 Å². The van der Waals surface area contributed by atoms with E-state index < -0.39 is 17.8 Å². The lowest BCUT2D eigenvalue weighted by Gasteiger charge is -2.19. The summed E-state index contributed by atoms with van der Waals surface area (Å²) in [6.07, 6.45) is -6.04. The van der Waals surface area contributed by atoms with Crippen molar-refractivity contribution in [2.45, 2.75) is 12.3 Å². The Morgan fingerprint density at radius 3 is 2.35 bits per heavy atom. The molecule has 0 aliphatic rings. The number of hydrogen-bond acceptors (Lipinski definition) is 2. The van der Waals surface area contributed by atoms with Crippen LogP contribution in [0.5, 0.6) is 0 Å². The molecule has 3 N–H and O–H groups in total. The van der Waals surface area contributed by atoms with Gasteiger partial charge in [-0.15, -0.1) is 0 Å². The Balaban J connectivity index is 2.54. The maximum atomic E-state index is 12.9. The number of halogens is 4. The summed E-state index contributed by atoms with van der Waals surface area (Å²) in [5.74, 6) is 0. The van der Waals surface area contributed by atoms with Gasteiger partial charge in [0.2, 0.25) is 0 Å². The molecule has 0 saturated heterocycles. The first-order valence-corrected chi connectivity index (χ1v) is 6.07. The van der Waals surface area contributed by atoms with Crippen molar-refractivity contribution in [3.8, 4) is 0 Å². The van der Waals surface area contributed by atoms with Gasteiger partial charge in [0.15, 0.2) is 0 Å². The molecule has 0 saturated carbocycles. The quantitative estimate of drug-likeness (QED) is 0.823. The Kier molecular flexibility index (Phi) is 3.92. The first-order valence-electron chi connectivity index (χ1n) is 5.70. The Morgan fingerprint density at radius 1 is 1.05 bits per heavy atom. The van der Waals surface area contributed by atoms with Gasteiger partial charge in [-0.05, 0) is 29.8 Å². The fourth-order valence-electron chi connectivity index (χ4n) is 1.94. The van der Waals surface area contributed by atoms with Gasteiger partial charge in [0.1, 0.15) is 6.10 Å². The van der Waals surface area contributed by atoms with Crippen LogP contribution in [0.2, 0.25) is 5.02 Å². The van der Waals surface area contributed by atoms with Gasteiger partial charge in [0, 0.05) is 16.3 Å². The van der Waals surface area contributed by atoms with Crippen LogP contribution in [0.4, 0.5) is 18.9 Å². The molecule has 1 atom stereocenters. The molecule has 2 aromatic carbocycles. The number of benzene rings is 2. The molecular formula is C14H11ClF3NO. The predicted octanol–water partition coefficient (Wildman–Crippen LogP) is 4.02. The zero-order chi connectivity index (χ0) is 14.9. The smallest absolute Gasteiger partial charge is 0.398 e. The minimum absolute atomic E-state index is 0.147. The van der Waals surface area contributed by atoms with Crippen LogP contribution in [0.25, 0.3) is 0 Å². The second kappa shape index (κ2) is 5.34. The van der Waals surface area contributed by atoms with E-state index in [1.165, 1.54) is 36.4 Å². The molecule has 0 bridgehead atoms. The molecule has 2 rings (SSSR count). The van der Waals surface area contributed by atoms with Crippen LogP contribution in [-0.2, 0) is 6.18 Å². The van der Waals surface area contributed by atoms with Crippen LogP contribution in [0.3, 0.4) is 0 Å². The SMILES string of the molecule is Nc1ccc(Cl)cc1[C@H](O)c1ccccc1C(F)(F)F. The van der Waals surface area contributed by atoms with Crippen LogP contribution in [-0.4, -0.2) is 5.11 Å². The van der Waals surface area contributed by atoms with Crippen molar-refractivity contribution in [3.63, 3.8) is 0 Å². The highest BCUT2D eigenvalue weighted by molar-refractivity contribution is 6.30. The monoisotopic (exact) mass is 301 g/mol. The summed E-state index contributed by atoms with van der Waals surface area (Å²) in [7, 11) is 0. The number of aliphatic hydroxyl groups is 1. The van der Waals surface area contributed by atoms with E-state index in [9.17, 15) is 18.3 Å². The van der Waals surface area contributed by atoms with E-state index in [-0.39, 0.29) is 21.8 Å². The summed E-state index contributed by atoms with van der Waals surface area (Å²) in [6, 6.07) is 9.12. The topological polar surface area (TPSA) is 46.2 Å². The number of nitrogen functional groups attached to an aromatic ring is 1. The second-order valence-corrected chi connectivity index (χ2v) is 4.70. The second-order valence-electron chi connectivity index (χ2n) is 4.26. The minimum Gasteiger partial charge on any atom is -0.398 e. The zero-order valence-corrected chi connectivity index (χ0v) is 10.9. The largest absolute Gasteiger partial charge is 0.416 e. The Hall–Kier alpha value is -1.72.